The van der Waals surface area contributed by atoms with Gasteiger partial charge in [-0.15, -0.1) is 0 Å². The largest absolute Gasteiger partial charge is 0.309 e. The summed E-state index contributed by atoms with van der Waals surface area (Å²) in [5.41, 5.74) is 3.72. The van der Waals surface area contributed by atoms with E-state index in [1.807, 2.05) is 6.07 Å². The molecule has 4 rings (SSSR count). The normalized spacial score (nSPS) is 22.6. The maximum Gasteiger partial charge on any atom is 0.277 e. The second-order valence-corrected chi connectivity index (χ2v) is 6.71. The van der Waals surface area contributed by atoms with Crippen LogP contribution < -0.4 is 10.9 Å². The van der Waals surface area contributed by atoms with Crippen molar-refractivity contribution in [1.82, 2.24) is 24.8 Å². The minimum absolute atomic E-state index is 0.0644. The molecule has 6 heteroatoms. The van der Waals surface area contributed by atoms with Crippen LogP contribution >= 0.6 is 0 Å². The Kier molecular flexibility index (Phi) is 3.31. The van der Waals surface area contributed by atoms with Gasteiger partial charge in [0.05, 0.1) is 17.0 Å². The molecule has 118 valence electrons. The molecule has 1 fully saturated rings. The van der Waals surface area contributed by atoms with Gasteiger partial charge in [0.1, 0.15) is 0 Å². The number of aromatic amines is 1. The second-order valence-electron chi connectivity index (χ2n) is 6.71. The molecule has 2 aromatic rings. The van der Waals surface area contributed by atoms with Gasteiger partial charge in [-0.1, -0.05) is 0 Å². The van der Waals surface area contributed by atoms with E-state index in [4.69, 9.17) is 4.98 Å². The SMILES string of the molecule is CC(C)N1CCc2nc3cc(C4CCCN4)[nH]n3c(=O)c2C1. The summed E-state index contributed by atoms with van der Waals surface area (Å²) in [5.74, 6) is 0. The number of rotatable bonds is 2. The van der Waals surface area contributed by atoms with E-state index < -0.39 is 0 Å². The molecule has 0 radical (unpaired) electrons. The molecule has 0 aromatic carbocycles. The van der Waals surface area contributed by atoms with Crippen LogP contribution in [0, 0.1) is 0 Å². The zero-order valence-corrected chi connectivity index (χ0v) is 13.2. The fourth-order valence-corrected chi connectivity index (χ4v) is 3.59. The molecule has 1 unspecified atom stereocenters. The summed E-state index contributed by atoms with van der Waals surface area (Å²) in [6, 6.07) is 2.81. The number of fused-ring (bicyclic) bond motifs is 2. The lowest BCUT2D eigenvalue weighted by atomic mass is 10.1. The van der Waals surface area contributed by atoms with Crippen LogP contribution in [0.15, 0.2) is 10.9 Å². The molecule has 22 heavy (non-hydrogen) atoms. The molecule has 0 amide bonds. The lowest BCUT2D eigenvalue weighted by Gasteiger charge is -2.30. The van der Waals surface area contributed by atoms with Crippen molar-refractivity contribution in [2.24, 2.45) is 0 Å². The summed E-state index contributed by atoms with van der Waals surface area (Å²) in [7, 11) is 0. The first kappa shape index (κ1) is 14.0. The van der Waals surface area contributed by atoms with Crippen molar-refractivity contribution in [1.29, 1.82) is 0 Å². The van der Waals surface area contributed by atoms with Crippen molar-refractivity contribution in [3.63, 3.8) is 0 Å². The summed E-state index contributed by atoms with van der Waals surface area (Å²) in [4.78, 5) is 19.9. The van der Waals surface area contributed by atoms with Crippen LogP contribution in [0.4, 0.5) is 0 Å². The van der Waals surface area contributed by atoms with Gasteiger partial charge in [-0.2, -0.15) is 0 Å². The number of nitrogens with one attached hydrogen (secondary N) is 2. The van der Waals surface area contributed by atoms with Gasteiger partial charge < -0.3 is 5.32 Å². The highest BCUT2D eigenvalue weighted by Gasteiger charge is 2.25. The molecule has 4 heterocycles. The monoisotopic (exact) mass is 301 g/mol. The predicted molar refractivity (Wildman–Crippen MR) is 85.0 cm³/mol. The lowest BCUT2D eigenvalue weighted by molar-refractivity contribution is 0.200. The Labute approximate surface area is 129 Å². The third kappa shape index (κ3) is 2.18. The van der Waals surface area contributed by atoms with E-state index in [-0.39, 0.29) is 5.56 Å². The van der Waals surface area contributed by atoms with Crippen molar-refractivity contribution in [3.05, 3.63) is 33.4 Å². The van der Waals surface area contributed by atoms with Crippen LogP contribution in [0.5, 0.6) is 0 Å². The standard InChI is InChI=1S/C16H23N5O/c1-10(2)20-7-5-12-11(9-20)16(22)21-15(18-12)8-14(19-21)13-4-3-6-17-13/h8,10,13,17,19H,3-7,9H2,1-2H3. The van der Waals surface area contributed by atoms with Gasteiger partial charge in [0.2, 0.25) is 0 Å². The maximum absolute atomic E-state index is 12.8. The Morgan fingerprint density at radius 1 is 1.41 bits per heavy atom. The average molecular weight is 301 g/mol. The molecule has 1 saturated heterocycles. The van der Waals surface area contributed by atoms with Gasteiger partial charge in [-0.25, -0.2) is 9.50 Å². The Hall–Kier alpha value is -1.66. The summed E-state index contributed by atoms with van der Waals surface area (Å²) in [5, 5.41) is 6.72. The molecule has 2 aliphatic heterocycles. The number of aromatic nitrogens is 3. The first-order valence-electron chi connectivity index (χ1n) is 8.24. The van der Waals surface area contributed by atoms with Gasteiger partial charge in [0, 0.05) is 37.7 Å². The van der Waals surface area contributed by atoms with Crippen LogP contribution in [-0.2, 0) is 13.0 Å². The quantitative estimate of drug-likeness (QED) is 0.875. The molecule has 6 nitrogen and oxygen atoms in total. The second kappa shape index (κ2) is 5.21. The van der Waals surface area contributed by atoms with E-state index in [1.54, 1.807) is 4.52 Å². The third-order valence-electron chi connectivity index (χ3n) is 4.98. The Balaban J connectivity index is 1.78. The molecule has 0 bridgehead atoms. The van der Waals surface area contributed by atoms with Crippen LogP contribution in [0.3, 0.4) is 0 Å². The zero-order chi connectivity index (χ0) is 15.3. The van der Waals surface area contributed by atoms with E-state index in [0.29, 0.717) is 18.6 Å². The first-order chi connectivity index (χ1) is 10.6. The molecule has 2 aromatic heterocycles. The average Bonchev–Trinajstić information content (AvgIpc) is 3.15. The Morgan fingerprint density at radius 2 is 2.27 bits per heavy atom. The molecule has 0 saturated carbocycles. The van der Waals surface area contributed by atoms with Crippen molar-refractivity contribution in [3.8, 4) is 0 Å². The number of hydrogen-bond donors (Lipinski definition) is 2. The minimum atomic E-state index is 0.0644. The molecule has 0 spiro atoms. The van der Waals surface area contributed by atoms with Crippen molar-refractivity contribution >= 4 is 5.65 Å². The van der Waals surface area contributed by atoms with Crippen molar-refractivity contribution < 1.29 is 0 Å². The molecule has 2 aliphatic rings. The first-order valence-corrected chi connectivity index (χ1v) is 8.24. The molecular formula is C16H23N5O. The molecular weight excluding hydrogens is 278 g/mol. The predicted octanol–water partition coefficient (Wildman–Crippen LogP) is 1.21. The number of hydrogen-bond acceptors (Lipinski definition) is 4. The summed E-state index contributed by atoms with van der Waals surface area (Å²) >= 11 is 0. The van der Waals surface area contributed by atoms with Gasteiger partial charge in [-0.3, -0.25) is 14.8 Å². The highest BCUT2D eigenvalue weighted by Crippen LogP contribution is 2.23. The van der Waals surface area contributed by atoms with E-state index >= 15 is 0 Å². The van der Waals surface area contributed by atoms with Crippen LogP contribution in [0.1, 0.15) is 49.7 Å². The number of nitrogens with zero attached hydrogens (tertiary/aromatic N) is 3. The van der Waals surface area contributed by atoms with E-state index in [2.05, 4.69) is 29.2 Å². The lowest BCUT2D eigenvalue weighted by Crippen LogP contribution is -2.40. The smallest absolute Gasteiger partial charge is 0.277 e. The third-order valence-corrected chi connectivity index (χ3v) is 4.98. The zero-order valence-electron chi connectivity index (χ0n) is 13.2. The van der Waals surface area contributed by atoms with Gasteiger partial charge >= 0.3 is 0 Å². The van der Waals surface area contributed by atoms with Gasteiger partial charge in [-0.05, 0) is 33.2 Å². The topological polar surface area (TPSA) is 65.4 Å². The molecule has 1 atom stereocenters. The van der Waals surface area contributed by atoms with E-state index in [1.165, 1.54) is 6.42 Å². The highest BCUT2D eigenvalue weighted by atomic mass is 16.1. The fraction of sp³-hybridized carbons (Fsp3) is 0.625. The summed E-state index contributed by atoms with van der Waals surface area (Å²) in [6.45, 7) is 7.08. The van der Waals surface area contributed by atoms with Crippen LogP contribution in [-0.4, -0.2) is 38.6 Å². The van der Waals surface area contributed by atoms with Crippen LogP contribution in [0.2, 0.25) is 0 Å². The Morgan fingerprint density at radius 3 is 3.00 bits per heavy atom. The van der Waals surface area contributed by atoms with E-state index in [0.717, 1.165) is 48.5 Å². The summed E-state index contributed by atoms with van der Waals surface area (Å²) in [6.07, 6.45) is 3.16. The molecule has 0 aliphatic carbocycles. The van der Waals surface area contributed by atoms with Crippen LogP contribution in [0.25, 0.3) is 5.65 Å². The van der Waals surface area contributed by atoms with Gasteiger partial charge in [0.25, 0.3) is 5.56 Å². The highest BCUT2D eigenvalue weighted by molar-refractivity contribution is 5.43. The van der Waals surface area contributed by atoms with Crippen molar-refractivity contribution in [2.75, 3.05) is 13.1 Å². The number of H-pyrrole nitrogens is 1. The van der Waals surface area contributed by atoms with Gasteiger partial charge in [0.15, 0.2) is 5.65 Å². The molecule has 2 N–H and O–H groups in total. The van der Waals surface area contributed by atoms with Crippen molar-refractivity contribution in [2.45, 2.75) is 51.7 Å². The minimum Gasteiger partial charge on any atom is -0.309 e. The maximum atomic E-state index is 12.8. The Bertz CT molecular complexity index is 754. The fourth-order valence-electron chi connectivity index (χ4n) is 3.59. The van der Waals surface area contributed by atoms with E-state index in [9.17, 15) is 4.79 Å². The summed E-state index contributed by atoms with van der Waals surface area (Å²) < 4.78 is 1.62.